The minimum Gasteiger partial charge on any atom is -0.314 e. The third-order valence-corrected chi connectivity index (χ3v) is 5.02. The van der Waals surface area contributed by atoms with Crippen LogP contribution in [-0.4, -0.2) is 30.6 Å². The molecule has 0 bridgehead atoms. The van der Waals surface area contributed by atoms with E-state index in [0.29, 0.717) is 0 Å². The van der Waals surface area contributed by atoms with Gasteiger partial charge in [-0.3, -0.25) is 4.90 Å². The Bertz CT molecular complexity index is 429. The fraction of sp³-hybridized carbons (Fsp3) is 0.667. The number of nitrogens with zero attached hydrogens (tertiary/aromatic N) is 1. The summed E-state index contributed by atoms with van der Waals surface area (Å²) in [6.45, 7) is 7.14. The van der Waals surface area contributed by atoms with Crippen molar-refractivity contribution in [2.75, 3.05) is 19.6 Å². The number of rotatable bonds is 5. The van der Waals surface area contributed by atoms with Crippen LogP contribution in [0.15, 0.2) is 24.3 Å². The van der Waals surface area contributed by atoms with Crippen LogP contribution in [0.5, 0.6) is 0 Å². The first kappa shape index (κ1) is 14.1. The molecule has 1 saturated carbocycles. The Labute approximate surface area is 123 Å². The maximum Gasteiger partial charge on any atom is 0.0236 e. The lowest BCUT2D eigenvalue weighted by Gasteiger charge is -2.32. The van der Waals surface area contributed by atoms with E-state index in [1.54, 1.807) is 11.1 Å². The van der Waals surface area contributed by atoms with Crippen molar-refractivity contribution in [3.63, 3.8) is 0 Å². The van der Waals surface area contributed by atoms with Crippen LogP contribution in [0.25, 0.3) is 0 Å². The molecule has 0 aromatic heterocycles. The average Bonchev–Trinajstić information content (AvgIpc) is 2.92. The average molecular weight is 272 g/mol. The van der Waals surface area contributed by atoms with Gasteiger partial charge in [-0.25, -0.2) is 0 Å². The van der Waals surface area contributed by atoms with Gasteiger partial charge in [0.25, 0.3) is 0 Å². The third-order valence-electron chi connectivity index (χ3n) is 5.02. The SMILES string of the molecule is CCCNC1CCCC1CN1CCc2ccccc2C1. The first-order chi connectivity index (χ1) is 9.86. The van der Waals surface area contributed by atoms with E-state index in [4.69, 9.17) is 0 Å². The van der Waals surface area contributed by atoms with Gasteiger partial charge in [-0.15, -0.1) is 0 Å². The summed E-state index contributed by atoms with van der Waals surface area (Å²) >= 11 is 0. The van der Waals surface area contributed by atoms with Gasteiger partial charge < -0.3 is 5.32 Å². The van der Waals surface area contributed by atoms with E-state index in [-0.39, 0.29) is 0 Å². The van der Waals surface area contributed by atoms with Crippen molar-refractivity contribution in [2.45, 2.75) is 51.6 Å². The van der Waals surface area contributed by atoms with E-state index >= 15 is 0 Å². The molecule has 1 aliphatic carbocycles. The van der Waals surface area contributed by atoms with Crippen molar-refractivity contribution in [1.82, 2.24) is 10.2 Å². The Hall–Kier alpha value is -0.860. The molecule has 0 amide bonds. The molecule has 1 heterocycles. The van der Waals surface area contributed by atoms with Crippen molar-refractivity contribution < 1.29 is 0 Å². The van der Waals surface area contributed by atoms with Gasteiger partial charge in [-0.2, -0.15) is 0 Å². The van der Waals surface area contributed by atoms with E-state index in [1.165, 1.54) is 51.7 Å². The van der Waals surface area contributed by atoms with Crippen LogP contribution in [0.2, 0.25) is 0 Å². The van der Waals surface area contributed by atoms with Crippen molar-refractivity contribution >= 4 is 0 Å². The molecule has 2 aliphatic rings. The largest absolute Gasteiger partial charge is 0.314 e. The lowest BCUT2D eigenvalue weighted by Crippen LogP contribution is -2.41. The lowest BCUT2D eigenvalue weighted by molar-refractivity contribution is 0.198. The molecule has 1 aliphatic heterocycles. The highest BCUT2D eigenvalue weighted by atomic mass is 15.1. The van der Waals surface area contributed by atoms with Crippen molar-refractivity contribution in [3.8, 4) is 0 Å². The molecule has 2 nitrogen and oxygen atoms in total. The highest BCUT2D eigenvalue weighted by molar-refractivity contribution is 5.29. The maximum atomic E-state index is 3.76. The molecule has 1 fully saturated rings. The number of nitrogens with one attached hydrogen (secondary N) is 1. The van der Waals surface area contributed by atoms with E-state index in [9.17, 15) is 0 Å². The van der Waals surface area contributed by atoms with Gasteiger partial charge in [0.1, 0.15) is 0 Å². The number of fused-ring (bicyclic) bond motifs is 1. The summed E-state index contributed by atoms with van der Waals surface area (Å²) in [4.78, 5) is 2.68. The molecule has 0 spiro atoms. The Morgan fingerprint density at radius 1 is 1.20 bits per heavy atom. The second-order valence-electron chi connectivity index (χ2n) is 6.51. The molecule has 0 saturated heterocycles. The summed E-state index contributed by atoms with van der Waals surface area (Å²) in [6.07, 6.45) is 6.70. The highest BCUT2D eigenvalue weighted by Gasteiger charge is 2.29. The van der Waals surface area contributed by atoms with E-state index in [0.717, 1.165) is 18.5 Å². The topological polar surface area (TPSA) is 15.3 Å². The van der Waals surface area contributed by atoms with Gasteiger partial charge in [0, 0.05) is 25.7 Å². The van der Waals surface area contributed by atoms with Crippen LogP contribution in [-0.2, 0) is 13.0 Å². The molecule has 2 heteroatoms. The molecule has 3 rings (SSSR count). The smallest absolute Gasteiger partial charge is 0.0236 e. The van der Waals surface area contributed by atoms with Crippen LogP contribution < -0.4 is 5.32 Å². The van der Waals surface area contributed by atoms with Gasteiger partial charge >= 0.3 is 0 Å². The molecule has 1 aromatic carbocycles. The number of hydrogen-bond acceptors (Lipinski definition) is 2. The second kappa shape index (κ2) is 6.73. The van der Waals surface area contributed by atoms with Gasteiger partial charge in [-0.1, -0.05) is 37.6 Å². The molecule has 110 valence electrons. The van der Waals surface area contributed by atoms with Crippen molar-refractivity contribution in [1.29, 1.82) is 0 Å². The molecule has 1 aromatic rings. The predicted octanol–water partition coefficient (Wildman–Crippen LogP) is 3.21. The first-order valence-corrected chi connectivity index (χ1v) is 8.39. The molecular weight excluding hydrogens is 244 g/mol. The molecule has 1 N–H and O–H groups in total. The van der Waals surface area contributed by atoms with Crippen LogP contribution in [0.3, 0.4) is 0 Å². The fourth-order valence-corrected chi connectivity index (χ4v) is 3.90. The lowest BCUT2D eigenvalue weighted by atomic mass is 9.97. The Morgan fingerprint density at radius 3 is 2.90 bits per heavy atom. The third kappa shape index (κ3) is 3.24. The summed E-state index contributed by atoms with van der Waals surface area (Å²) in [6, 6.07) is 9.74. The van der Waals surface area contributed by atoms with Crippen LogP contribution in [0, 0.1) is 5.92 Å². The molecule has 2 unspecified atom stereocenters. The van der Waals surface area contributed by atoms with Gasteiger partial charge in [0.05, 0.1) is 0 Å². The number of benzene rings is 1. The second-order valence-corrected chi connectivity index (χ2v) is 6.51. The summed E-state index contributed by atoms with van der Waals surface area (Å²) in [7, 11) is 0. The first-order valence-electron chi connectivity index (χ1n) is 8.39. The van der Waals surface area contributed by atoms with Crippen molar-refractivity contribution in [3.05, 3.63) is 35.4 Å². The molecule has 0 radical (unpaired) electrons. The van der Waals surface area contributed by atoms with Gasteiger partial charge in [0.15, 0.2) is 0 Å². The minimum atomic E-state index is 0.770. The van der Waals surface area contributed by atoms with Crippen LogP contribution >= 0.6 is 0 Å². The number of hydrogen-bond donors (Lipinski definition) is 1. The predicted molar refractivity (Wildman–Crippen MR) is 84.8 cm³/mol. The van der Waals surface area contributed by atoms with Crippen LogP contribution in [0.1, 0.15) is 43.7 Å². The standard InChI is InChI=1S/C18H28N2/c1-2-11-19-18-9-5-8-17(18)14-20-12-10-15-6-3-4-7-16(15)13-20/h3-4,6-7,17-19H,2,5,8-14H2,1H3. The van der Waals surface area contributed by atoms with E-state index < -0.39 is 0 Å². The Balaban J connectivity index is 1.56. The summed E-state index contributed by atoms with van der Waals surface area (Å²) in [5.41, 5.74) is 3.12. The minimum absolute atomic E-state index is 0.770. The Morgan fingerprint density at radius 2 is 2.05 bits per heavy atom. The zero-order valence-electron chi connectivity index (χ0n) is 12.8. The molecule has 20 heavy (non-hydrogen) atoms. The van der Waals surface area contributed by atoms with Gasteiger partial charge in [-0.05, 0) is 49.3 Å². The molecule has 2 atom stereocenters. The highest BCUT2D eigenvalue weighted by Crippen LogP contribution is 2.28. The normalized spacial score (nSPS) is 26.6. The van der Waals surface area contributed by atoms with E-state index in [1.807, 2.05) is 0 Å². The molecular formula is C18H28N2. The summed E-state index contributed by atoms with van der Waals surface area (Å²) < 4.78 is 0. The fourth-order valence-electron chi connectivity index (χ4n) is 3.90. The summed E-state index contributed by atoms with van der Waals surface area (Å²) in [5.74, 6) is 0.867. The van der Waals surface area contributed by atoms with Gasteiger partial charge in [0.2, 0.25) is 0 Å². The monoisotopic (exact) mass is 272 g/mol. The van der Waals surface area contributed by atoms with Crippen LogP contribution in [0.4, 0.5) is 0 Å². The summed E-state index contributed by atoms with van der Waals surface area (Å²) in [5, 5.41) is 3.76. The quantitative estimate of drug-likeness (QED) is 0.885. The maximum absolute atomic E-state index is 3.76. The van der Waals surface area contributed by atoms with E-state index in [2.05, 4.69) is 41.4 Å². The zero-order chi connectivity index (χ0) is 13.8. The zero-order valence-corrected chi connectivity index (χ0v) is 12.8. The Kier molecular flexibility index (Phi) is 4.74. The van der Waals surface area contributed by atoms with Crippen molar-refractivity contribution in [2.24, 2.45) is 5.92 Å².